The standard InChI is InChI=1S/C19H26N2O3S/c1-5-21(6-2)19(22)18(14(3)4)20-25(23,24)17-12-11-15-9-7-8-10-16(15)13-17/h7-14,18,20H,5-6H2,1-4H3. The van der Waals surface area contributed by atoms with Gasteiger partial charge in [-0.05, 0) is 42.7 Å². The first kappa shape index (κ1) is 19.4. The number of benzene rings is 2. The highest BCUT2D eigenvalue weighted by Gasteiger charge is 2.30. The van der Waals surface area contributed by atoms with Gasteiger partial charge in [0, 0.05) is 13.1 Å². The Morgan fingerprint density at radius 2 is 1.64 bits per heavy atom. The van der Waals surface area contributed by atoms with Gasteiger partial charge in [-0.15, -0.1) is 0 Å². The molecule has 25 heavy (non-hydrogen) atoms. The number of amides is 1. The maximum Gasteiger partial charge on any atom is 0.241 e. The highest BCUT2D eigenvalue weighted by molar-refractivity contribution is 7.89. The highest BCUT2D eigenvalue weighted by Crippen LogP contribution is 2.20. The van der Waals surface area contributed by atoms with Gasteiger partial charge in [-0.25, -0.2) is 8.42 Å². The molecule has 0 bridgehead atoms. The van der Waals surface area contributed by atoms with E-state index in [1.54, 1.807) is 23.1 Å². The molecule has 0 aromatic heterocycles. The number of nitrogens with one attached hydrogen (secondary N) is 1. The molecule has 6 heteroatoms. The van der Waals surface area contributed by atoms with Crippen molar-refractivity contribution in [1.29, 1.82) is 0 Å². The Balaban J connectivity index is 2.34. The first-order chi connectivity index (χ1) is 11.8. The second-order valence-electron chi connectivity index (χ2n) is 6.36. The van der Waals surface area contributed by atoms with E-state index in [-0.39, 0.29) is 16.7 Å². The average molecular weight is 362 g/mol. The minimum atomic E-state index is -3.79. The van der Waals surface area contributed by atoms with Gasteiger partial charge in [-0.3, -0.25) is 4.79 Å². The Bertz CT molecular complexity index is 843. The van der Waals surface area contributed by atoms with Gasteiger partial charge in [-0.2, -0.15) is 4.72 Å². The van der Waals surface area contributed by atoms with Crippen LogP contribution in [0.4, 0.5) is 0 Å². The normalized spacial score (nSPS) is 13.2. The van der Waals surface area contributed by atoms with Crippen LogP contribution in [0.5, 0.6) is 0 Å². The average Bonchev–Trinajstić information content (AvgIpc) is 2.60. The zero-order chi connectivity index (χ0) is 18.6. The molecule has 0 saturated heterocycles. The number of carbonyl (C=O) groups is 1. The largest absolute Gasteiger partial charge is 0.342 e. The number of carbonyl (C=O) groups excluding carboxylic acids is 1. The summed E-state index contributed by atoms with van der Waals surface area (Å²) >= 11 is 0. The lowest BCUT2D eigenvalue weighted by molar-refractivity contribution is -0.133. The molecule has 1 amide bonds. The van der Waals surface area contributed by atoms with Gasteiger partial charge in [0.25, 0.3) is 0 Å². The summed E-state index contributed by atoms with van der Waals surface area (Å²) in [4.78, 5) is 14.5. The van der Waals surface area contributed by atoms with Crippen LogP contribution in [0.3, 0.4) is 0 Å². The molecule has 1 N–H and O–H groups in total. The predicted octanol–water partition coefficient (Wildman–Crippen LogP) is 3.01. The Morgan fingerprint density at radius 1 is 1.04 bits per heavy atom. The summed E-state index contributed by atoms with van der Waals surface area (Å²) < 4.78 is 28.2. The smallest absolute Gasteiger partial charge is 0.241 e. The number of rotatable bonds is 7. The molecule has 1 unspecified atom stereocenters. The van der Waals surface area contributed by atoms with E-state index in [0.29, 0.717) is 13.1 Å². The number of sulfonamides is 1. The van der Waals surface area contributed by atoms with E-state index in [2.05, 4.69) is 4.72 Å². The lowest BCUT2D eigenvalue weighted by atomic mass is 10.0. The van der Waals surface area contributed by atoms with Gasteiger partial charge in [0.15, 0.2) is 0 Å². The van der Waals surface area contributed by atoms with Gasteiger partial charge in [-0.1, -0.05) is 44.2 Å². The number of likely N-dealkylation sites (N-methyl/N-ethyl adjacent to an activating group) is 1. The molecule has 0 saturated carbocycles. The second kappa shape index (κ2) is 7.97. The summed E-state index contributed by atoms with van der Waals surface area (Å²) in [6.45, 7) is 8.56. The topological polar surface area (TPSA) is 66.5 Å². The maximum atomic E-state index is 12.8. The number of fused-ring (bicyclic) bond motifs is 1. The lowest BCUT2D eigenvalue weighted by Crippen LogP contribution is -2.51. The molecule has 136 valence electrons. The van der Waals surface area contributed by atoms with Gasteiger partial charge in [0.05, 0.1) is 4.90 Å². The van der Waals surface area contributed by atoms with Crippen LogP contribution in [0, 0.1) is 5.92 Å². The molecular weight excluding hydrogens is 336 g/mol. The third-order valence-corrected chi connectivity index (χ3v) is 5.76. The third-order valence-electron chi connectivity index (χ3n) is 4.32. The molecule has 0 fully saturated rings. The van der Waals surface area contributed by atoms with Crippen LogP contribution in [0.2, 0.25) is 0 Å². The molecule has 0 heterocycles. The van der Waals surface area contributed by atoms with Crippen molar-refractivity contribution in [3.05, 3.63) is 42.5 Å². The fourth-order valence-corrected chi connectivity index (χ4v) is 4.15. The minimum absolute atomic E-state index is 0.150. The third kappa shape index (κ3) is 4.38. The van der Waals surface area contributed by atoms with Crippen LogP contribution >= 0.6 is 0 Å². The molecule has 0 spiro atoms. The Kier molecular flexibility index (Phi) is 6.19. The van der Waals surface area contributed by atoms with E-state index >= 15 is 0 Å². The van der Waals surface area contributed by atoms with E-state index in [0.717, 1.165) is 10.8 Å². The van der Waals surface area contributed by atoms with Crippen molar-refractivity contribution in [2.75, 3.05) is 13.1 Å². The van der Waals surface area contributed by atoms with Crippen molar-refractivity contribution in [2.45, 2.75) is 38.6 Å². The van der Waals surface area contributed by atoms with Gasteiger partial charge >= 0.3 is 0 Å². The minimum Gasteiger partial charge on any atom is -0.342 e. The molecule has 0 aliphatic heterocycles. The molecule has 2 aromatic carbocycles. The van der Waals surface area contributed by atoms with Crippen molar-refractivity contribution >= 4 is 26.7 Å². The summed E-state index contributed by atoms with van der Waals surface area (Å²) in [5.74, 6) is -0.340. The summed E-state index contributed by atoms with van der Waals surface area (Å²) in [6, 6.07) is 11.8. The molecule has 0 aliphatic carbocycles. The number of hydrogen-bond acceptors (Lipinski definition) is 3. The van der Waals surface area contributed by atoms with Gasteiger partial charge in [0.1, 0.15) is 6.04 Å². The van der Waals surface area contributed by atoms with E-state index in [4.69, 9.17) is 0 Å². The fourth-order valence-electron chi connectivity index (χ4n) is 2.77. The van der Waals surface area contributed by atoms with E-state index in [1.807, 2.05) is 52.0 Å². The Hall–Kier alpha value is -1.92. The van der Waals surface area contributed by atoms with Crippen LogP contribution in [0.25, 0.3) is 10.8 Å². The number of nitrogens with zero attached hydrogens (tertiary/aromatic N) is 1. The molecule has 5 nitrogen and oxygen atoms in total. The van der Waals surface area contributed by atoms with Crippen molar-refractivity contribution in [2.24, 2.45) is 5.92 Å². The summed E-state index contributed by atoms with van der Waals surface area (Å²) in [6.07, 6.45) is 0. The first-order valence-electron chi connectivity index (χ1n) is 8.60. The monoisotopic (exact) mass is 362 g/mol. The molecule has 2 aromatic rings. The molecule has 2 rings (SSSR count). The number of hydrogen-bond donors (Lipinski definition) is 1. The van der Waals surface area contributed by atoms with Gasteiger partial charge < -0.3 is 4.90 Å². The Morgan fingerprint density at radius 3 is 2.20 bits per heavy atom. The van der Waals surface area contributed by atoms with Crippen LogP contribution in [-0.4, -0.2) is 38.4 Å². The fraction of sp³-hybridized carbons (Fsp3) is 0.421. The van der Waals surface area contributed by atoms with Crippen molar-refractivity contribution in [3.63, 3.8) is 0 Å². The highest BCUT2D eigenvalue weighted by atomic mass is 32.2. The molecular formula is C19H26N2O3S. The van der Waals surface area contributed by atoms with Crippen LogP contribution in [0.1, 0.15) is 27.7 Å². The van der Waals surface area contributed by atoms with E-state index in [9.17, 15) is 13.2 Å². The van der Waals surface area contributed by atoms with Crippen LogP contribution in [-0.2, 0) is 14.8 Å². The maximum absolute atomic E-state index is 12.8. The Labute approximate surface area is 150 Å². The van der Waals surface area contributed by atoms with Crippen LogP contribution in [0.15, 0.2) is 47.4 Å². The van der Waals surface area contributed by atoms with E-state index in [1.165, 1.54) is 0 Å². The second-order valence-corrected chi connectivity index (χ2v) is 8.08. The molecule has 0 radical (unpaired) electrons. The zero-order valence-electron chi connectivity index (χ0n) is 15.2. The van der Waals surface area contributed by atoms with E-state index < -0.39 is 16.1 Å². The SMILES string of the molecule is CCN(CC)C(=O)C(NS(=O)(=O)c1ccc2ccccc2c1)C(C)C. The molecule has 1 atom stereocenters. The quantitative estimate of drug-likeness (QED) is 0.823. The summed E-state index contributed by atoms with van der Waals surface area (Å²) in [5, 5.41) is 1.82. The first-order valence-corrected chi connectivity index (χ1v) is 10.1. The molecule has 0 aliphatic rings. The zero-order valence-corrected chi connectivity index (χ0v) is 16.0. The van der Waals surface area contributed by atoms with Crippen molar-refractivity contribution in [3.8, 4) is 0 Å². The summed E-state index contributed by atoms with van der Waals surface area (Å²) in [7, 11) is -3.79. The summed E-state index contributed by atoms with van der Waals surface area (Å²) in [5.41, 5.74) is 0. The van der Waals surface area contributed by atoms with Gasteiger partial charge in [0.2, 0.25) is 15.9 Å². The lowest BCUT2D eigenvalue weighted by Gasteiger charge is -2.28. The van der Waals surface area contributed by atoms with Crippen LogP contribution < -0.4 is 4.72 Å². The van der Waals surface area contributed by atoms with Crippen molar-refractivity contribution in [1.82, 2.24) is 9.62 Å². The van der Waals surface area contributed by atoms with Crippen molar-refractivity contribution < 1.29 is 13.2 Å². The predicted molar refractivity (Wildman–Crippen MR) is 101 cm³/mol.